The highest BCUT2D eigenvalue weighted by atomic mass is 32.1. The number of rotatable bonds is 7. The standard InChI is InChI=1S/C27H24N4O4S/c1-17(2)34-21-12-10-19(11-13-21)30-26(25(29-27(30)36)22-5-3-4-16-28-22)24-15-14-23(35-24)18-6-8-20(9-7-18)31(32)33/h3-17,25-26H,1-2H3,(H,29,36)/t25-,26+/m1/s1. The molecule has 9 heteroatoms. The van der Waals surface area contributed by atoms with Crippen molar-refractivity contribution in [3.8, 4) is 17.1 Å². The molecule has 0 aliphatic carbocycles. The van der Waals surface area contributed by atoms with E-state index in [2.05, 4.69) is 10.3 Å². The third kappa shape index (κ3) is 4.65. The van der Waals surface area contributed by atoms with Gasteiger partial charge in [-0.15, -0.1) is 0 Å². The predicted molar refractivity (Wildman–Crippen MR) is 141 cm³/mol. The molecule has 8 nitrogen and oxygen atoms in total. The molecule has 5 rings (SSSR count). The number of nitrogens with zero attached hydrogens (tertiary/aromatic N) is 3. The van der Waals surface area contributed by atoms with E-state index in [-0.39, 0.29) is 23.9 Å². The lowest BCUT2D eigenvalue weighted by molar-refractivity contribution is -0.384. The summed E-state index contributed by atoms with van der Waals surface area (Å²) in [5.41, 5.74) is 2.50. The van der Waals surface area contributed by atoms with Gasteiger partial charge in [-0.2, -0.15) is 0 Å². The number of nitro groups is 1. The first-order chi connectivity index (χ1) is 17.4. The van der Waals surface area contributed by atoms with Gasteiger partial charge in [0.05, 0.1) is 22.8 Å². The van der Waals surface area contributed by atoms with E-state index in [4.69, 9.17) is 21.4 Å². The SMILES string of the molecule is CC(C)Oc1ccc(N2C(=S)N[C@H](c3ccccn3)[C@@H]2c2ccc(-c3ccc([N+](=O)[O-])cc3)o2)cc1. The molecule has 0 spiro atoms. The molecule has 3 heterocycles. The number of furan rings is 1. The second-order valence-corrected chi connectivity index (χ2v) is 9.05. The molecular formula is C27H24N4O4S. The lowest BCUT2D eigenvalue weighted by Gasteiger charge is -2.26. The first kappa shape index (κ1) is 23.5. The minimum absolute atomic E-state index is 0.0298. The molecule has 4 aromatic rings. The van der Waals surface area contributed by atoms with Crippen molar-refractivity contribution in [3.63, 3.8) is 0 Å². The van der Waals surface area contributed by atoms with Gasteiger partial charge in [0.15, 0.2) is 5.11 Å². The first-order valence-corrected chi connectivity index (χ1v) is 11.9. The van der Waals surface area contributed by atoms with E-state index >= 15 is 0 Å². The maximum absolute atomic E-state index is 11.0. The van der Waals surface area contributed by atoms with Gasteiger partial charge in [-0.1, -0.05) is 6.07 Å². The van der Waals surface area contributed by atoms with Crippen molar-refractivity contribution in [2.75, 3.05) is 4.90 Å². The molecule has 1 saturated heterocycles. The van der Waals surface area contributed by atoms with Gasteiger partial charge < -0.3 is 19.4 Å². The summed E-state index contributed by atoms with van der Waals surface area (Å²) in [6, 6.07) is 23.1. The number of benzene rings is 2. The summed E-state index contributed by atoms with van der Waals surface area (Å²) in [5, 5.41) is 15.0. The second-order valence-electron chi connectivity index (χ2n) is 8.66. The molecule has 2 aromatic carbocycles. The van der Waals surface area contributed by atoms with Gasteiger partial charge in [-0.25, -0.2) is 0 Å². The molecule has 0 unspecified atom stereocenters. The van der Waals surface area contributed by atoms with Crippen LogP contribution < -0.4 is 15.0 Å². The minimum atomic E-state index is -0.421. The Hall–Kier alpha value is -4.24. The van der Waals surface area contributed by atoms with Gasteiger partial charge in [-0.05, 0) is 86.7 Å². The summed E-state index contributed by atoms with van der Waals surface area (Å²) >= 11 is 5.77. The Kier molecular flexibility index (Phi) is 6.39. The van der Waals surface area contributed by atoms with E-state index < -0.39 is 4.92 Å². The molecule has 0 radical (unpaired) electrons. The zero-order valence-electron chi connectivity index (χ0n) is 19.7. The van der Waals surface area contributed by atoms with Crippen LogP contribution in [-0.2, 0) is 0 Å². The van der Waals surface area contributed by atoms with Gasteiger partial charge in [0.25, 0.3) is 5.69 Å². The number of pyridine rings is 1. The van der Waals surface area contributed by atoms with Crippen LogP contribution in [0.25, 0.3) is 11.3 Å². The molecule has 0 bridgehead atoms. The monoisotopic (exact) mass is 500 g/mol. The third-order valence-corrected chi connectivity index (χ3v) is 6.18. The molecule has 1 aliphatic heterocycles. The highest BCUT2D eigenvalue weighted by Gasteiger charge is 2.42. The van der Waals surface area contributed by atoms with Gasteiger partial charge >= 0.3 is 0 Å². The Morgan fingerprint density at radius 2 is 1.81 bits per heavy atom. The van der Waals surface area contributed by atoms with Crippen molar-refractivity contribution in [2.24, 2.45) is 0 Å². The topological polar surface area (TPSA) is 93.7 Å². The maximum atomic E-state index is 11.0. The number of nitro benzene ring substituents is 1. The van der Waals surface area contributed by atoms with Crippen LogP contribution in [0, 0.1) is 10.1 Å². The van der Waals surface area contributed by atoms with Crippen molar-refractivity contribution in [1.82, 2.24) is 10.3 Å². The van der Waals surface area contributed by atoms with Crippen molar-refractivity contribution in [1.29, 1.82) is 0 Å². The average Bonchev–Trinajstić information content (AvgIpc) is 3.49. The Morgan fingerprint density at radius 3 is 2.44 bits per heavy atom. The molecule has 0 saturated carbocycles. The normalized spacial score (nSPS) is 17.3. The number of anilines is 1. The molecule has 2 atom stereocenters. The fraction of sp³-hybridized carbons (Fsp3) is 0.185. The molecule has 36 heavy (non-hydrogen) atoms. The van der Waals surface area contributed by atoms with Gasteiger partial charge in [-0.3, -0.25) is 15.1 Å². The van der Waals surface area contributed by atoms with Crippen molar-refractivity contribution < 1.29 is 14.1 Å². The zero-order valence-corrected chi connectivity index (χ0v) is 20.5. The summed E-state index contributed by atoms with van der Waals surface area (Å²) in [7, 11) is 0. The van der Waals surface area contributed by atoms with Crippen molar-refractivity contribution >= 4 is 28.7 Å². The van der Waals surface area contributed by atoms with Crippen LogP contribution in [0.3, 0.4) is 0 Å². The Labute approximate surface area is 213 Å². The number of hydrogen-bond acceptors (Lipinski definition) is 6. The Balaban J connectivity index is 1.52. The van der Waals surface area contributed by atoms with E-state index in [1.807, 2.05) is 73.3 Å². The smallest absolute Gasteiger partial charge is 0.269 e. The van der Waals surface area contributed by atoms with E-state index in [1.54, 1.807) is 18.3 Å². The predicted octanol–water partition coefficient (Wildman–Crippen LogP) is 6.21. The summed E-state index contributed by atoms with van der Waals surface area (Å²) in [4.78, 5) is 17.2. The molecule has 2 aromatic heterocycles. The van der Waals surface area contributed by atoms with Crippen molar-refractivity contribution in [3.05, 3.63) is 107 Å². The number of thiocarbonyl (C=S) groups is 1. The lowest BCUT2D eigenvalue weighted by atomic mass is 10.0. The highest BCUT2D eigenvalue weighted by molar-refractivity contribution is 7.80. The summed E-state index contributed by atoms with van der Waals surface area (Å²) in [6.45, 7) is 3.97. The number of aromatic nitrogens is 1. The van der Waals surface area contributed by atoms with E-state index in [1.165, 1.54) is 12.1 Å². The van der Waals surface area contributed by atoms with Gasteiger partial charge in [0.1, 0.15) is 23.3 Å². The molecule has 0 amide bonds. The highest BCUT2D eigenvalue weighted by Crippen LogP contribution is 2.43. The van der Waals surface area contributed by atoms with Crippen LogP contribution in [0.15, 0.2) is 89.5 Å². The summed E-state index contributed by atoms with van der Waals surface area (Å²) in [5.74, 6) is 2.08. The first-order valence-electron chi connectivity index (χ1n) is 11.5. The largest absolute Gasteiger partial charge is 0.491 e. The van der Waals surface area contributed by atoms with Crippen LogP contribution in [0.4, 0.5) is 11.4 Å². The van der Waals surface area contributed by atoms with Crippen LogP contribution in [0.1, 0.15) is 37.4 Å². The summed E-state index contributed by atoms with van der Waals surface area (Å²) < 4.78 is 12.1. The second kappa shape index (κ2) is 9.79. The fourth-order valence-corrected chi connectivity index (χ4v) is 4.64. The quantitative estimate of drug-likeness (QED) is 0.182. The lowest BCUT2D eigenvalue weighted by Crippen LogP contribution is -2.29. The van der Waals surface area contributed by atoms with Crippen LogP contribution in [-0.4, -0.2) is 21.1 Å². The fourth-order valence-electron chi connectivity index (χ4n) is 4.29. The minimum Gasteiger partial charge on any atom is -0.491 e. The Morgan fingerprint density at radius 1 is 1.06 bits per heavy atom. The molecule has 182 valence electrons. The van der Waals surface area contributed by atoms with E-state index in [9.17, 15) is 10.1 Å². The number of ether oxygens (including phenoxy) is 1. The van der Waals surface area contributed by atoms with Crippen LogP contribution in [0.2, 0.25) is 0 Å². The van der Waals surface area contributed by atoms with E-state index in [0.717, 1.165) is 22.7 Å². The molecular weight excluding hydrogens is 476 g/mol. The number of non-ortho nitro benzene ring substituents is 1. The third-order valence-electron chi connectivity index (χ3n) is 5.87. The zero-order chi connectivity index (χ0) is 25.2. The molecule has 1 aliphatic rings. The van der Waals surface area contributed by atoms with Crippen molar-refractivity contribution in [2.45, 2.75) is 32.0 Å². The van der Waals surface area contributed by atoms with E-state index in [0.29, 0.717) is 16.6 Å². The van der Waals surface area contributed by atoms with Crippen LogP contribution >= 0.6 is 12.2 Å². The average molecular weight is 501 g/mol. The Bertz CT molecular complexity index is 1370. The molecule has 1 N–H and O–H groups in total. The maximum Gasteiger partial charge on any atom is 0.269 e. The number of hydrogen-bond donors (Lipinski definition) is 1. The van der Waals surface area contributed by atoms with Gasteiger partial charge in [0.2, 0.25) is 0 Å². The molecule has 1 fully saturated rings. The van der Waals surface area contributed by atoms with Gasteiger partial charge in [0, 0.05) is 29.6 Å². The van der Waals surface area contributed by atoms with Crippen LogP contribution in [0.5, 0.6) is 5.75 Å². The summed E-state index contributed by atoms with van der Waals surface area (Å²) in [6.07, 6.45) is 1.83. The number of nitrogens with one attached hydrogen (secondary N) is 1.